The summed E-state index contributed by atoms with van der Waals surface area (Å²) < 4.78 is 4.02. The van der Waals surface area contributed by atoms with E-state index in [0.29, 0.717) is 0 Å². The van der Waals surface area contributed by atoms with Crippen molar-refractivity contribution in [3.05, 3.63) is 0 Å². The second-order valence-corrected chi connectivity index (χ2v) is 0.750. The monoisotopic (exact) mass is 250 g/mol. The van der Waals surface area contributed by atoms with Crippen LogP contribution in [0.2, 0.25) is 0 Å². The van der Waals surface area contributed by atoms with Gasteiger partial charge in [-0.15, -0.1) is 0 Å². The third-order valence-electron chi connectivity index (χ3n) is 0.0938. The van der Waals surface area contributed by atoms with Gasteiger partial charge in [-0.1, -0.05) is 0 Å². The van der Waals surface area contributed by atoms with Crippen molar-refractivity contribution in [3.63, 3.8) is 0 Å². The van der Waals surface area contributed by atoms with Gasteiger partial charge in [0.15, 0.2) is 0 Å². The normalized spacial score (nSPS) is 8.40. The average molecular weight is 249 g/mol. The zero-order valence-corrected chi connectivity index (χ0v) is 5.32. The standard InChI is InChI=1S/CH4O3.Re/c1-3-4-2;/h2H,1H3;/q;+1/p-1. The summed E-state index contributed by atoms with van der Waals surface area (Å²) in [7, 11) is 1.37. The molecular formula is CH3O3Re. The Balaban J connectivity index is 2.19. The molecule has 5 heavy (non-hydrogen) atoms. The van der Waals surface area contributed by atoms with E-state index in [1.54, 1.807) is 0 Å². The van der Waals surface area contributed by atoms with Crippen LogP contribution in [0.4, 0.5) is 0 Å². The van der Waals surface area contributed by atoms with E-state index in [1.165, 1.54) is 7.11 Å². The molecule has 0 bridgehead atoms. The van der Waals surface area contributed by atoms with Crippen LogP contribution in [0.1, 0.15) is 0 Å². The van der Waals surface area contributed by atoms with Crippen LogP contribution in [0, 0.1) is 0 Å². The Morgan fingerprint density at radius 2 is 2.20 bits per heavy atom. The first kappa shape index (κ1) is 5.54. The second-order valence-electron chi connectivity index (χ2n) is 0.298. The van der Waals surface area contributed by atoms with Crippen molar-refractivity contribution in [1.82, 2.24) is 0 Å². The van der Waals surface area contributed by atoms with E-state index in [1.807, 2.05) is 0 Å². The predicted octanol–water partition coefficient (Wildman–Crippen LogP) is -0.0422. The molecule has 0 aromatic rings. The van der Waals surface area contributed by atoms with Crippen molar-refractivity contribution in [2.45, 2.75) is 0 Å². The van der Waals surface area contributed by atoms with E-state index in [0.717, 1.165) is 19.6 Å². The summed E-state index contributed by atoms with van der Waals surface area (Å²) in [6.45, 7) is 0. The fourth-order valence-electron chi connectivity index (χ4n) is 0.0257. The van der Waals surface area contributed by atoms with E-state index in [-0.39, 0.29) is 0 Å². The first-order valence-corrected chi connectivity index (χ1v) is 2.00. The van der Waals surface area contributed by atoms with E-state index < -0.39 is 0 Å². The van der Waals surface area contributed by atoms with Crippen LogP contribution in [0.3, 0.4) is 0 Å². The molecule has 32 valence electrons. The zero-order chi connectivity index (χ0) is 4.12. The molecule has 0 N–H and O–H groups in total. The molecule has 0 aromatic heterocycles. The Kier molecular flexibility index (Phi) is 5.04. The van der Waals surface area contributed by atoms with Crippen molar-refractivity contribution in [3.8, 4) is 0 Å². The number of hydrogen-bond donors (Lipinski definition) is 0. The molecule has 0 aliphatic carbocycles. The van der Waals surface area contributed by atoms with Crippen molar-refractivity contribution in [2.75, 3.05) is 7.11 Å². The molecule has 0 amide bonds. The van der Waals surface area contributed by atoms with Gasteiger partial charge in [0.1, 0.15) is 0 Å². The van der Waals surface area contributed by atoms with Crippen LogP contribution in [0.15, 0.2) is 0 Å². The molecule has 0 radical (unpaired) electrons. The summed E-state index contributed by atoms with van der Waals surface area (Å²) >= 11 is 1.04. The first-order valence-electron chi connectivity index (χ1n) is 0.896. The van der Waals surface area contributed by atoms with Gasteiger partial charge in [0.25, 0.3) is 0 Å². The van der Waals surface area contributed by atoms with Gasteiger partial charge >= 0.3 is 40.2 Å². The maximum absolute atomic E-state index is 4.02. The molecule has 0 fully saturated rings. The molecular weight excluding hydrogens is 246 g/mol. The molecule has 0 spiro atoms. The summed E-state index contributed by atoms with van der Waals surface area (Å²) in [5.74, 6) is 0. The van der Waals surface area contributed by atoms with Crippen molar-refractivity contribution in [1.29, 1.82) is 0 Å². The number of rotatable bonds is 2. The van der Waals surface area contributed by atoms with Gasteiger partial charge in [-0.05, 0) is 0 Å². The van der Waals surface area contributed by atoms with Gasteiger partial charge in [0, 0.05) is 0 Å². The minimum absolute atomic E-state index is 1.04. The number of hydrogen-bond acceptors (Lipinski definition) is 3. The molecule has 0 aliphatic rings. The Hall–Kier alpha value is 0.542. The summed E-state index contributed by atoms with van der Waals surface area (Å²) in [4.78, 5) is 3.98. The molecule has 0 saturated heterocycles. The van der Waals surface area contributed by atoms with Crippen molar-refractivity contribution in [2.24, 2.45) is 0 Å². The van der Waals surface area contributed by atoms with Crippen LogP contribution in [-0.2, 0) is 33.1 Å². The summed E-state index contributed by atoms with van der Waals surface area (Å²) in [6.07, 6.45) is 0. The topological polar surface area (TPSA) is 27.7 Å². The minimum atomic E-state index is 1.04. The van der Waals surface area contributed by atoms with Gasteiger partial charge in [-0.2, -0.15) is 0 Å². The van der Waals surface area contributed by atoms with Crippen LogP contribution < -0.4 is 0 Å². The van der Waals surface area contributed by atoms with Crippen molar-refractivity contribution < 1.29 is 33.1 Å². The summed E-state index contributed by atoms with van der Waals surface area (Å²) in [5.41, 5.74) is 0. The fraction of sp³-hybridized carbons (Fsp3) is 1.00. The predicted molar refractivity (Wildman–Crippen MR) is 9.18 cm³/mol. The summed E-state index contributed by atoms with van der Waals surface area (Å²) in [6, 6.07) is 0. The van der Waals surface area contributed by atoms with Crippen LogP contribution >= 0.6 is 0 Å². The Morgan fingerprint density at radius 3 is 2.20 bits per heavy atom. The zero-order valence-electron chi connectivity index (χ0n) is 2.60. The van der Waals surface area contributed by atoms with E-state index in [9.17, 15) is 0 Å². The van der Waals surface area contributed by atoms with Gasteiger partial charge in [-0.3, -0.25) is 0 Å². The summed E-state index contributed by atoms with van der Waals surface area (Å²) in [5, 5.41) is 3.86. The molecule has 0 saturated carbocycles. The maximum atomic E-state index is 4.02. The SMILES string of the molecule is COO[O][Re]. The van der Waals surface area contributed by atoms with Crippen LogP contribution in [-0.4, -0.2) is 7.11 Å². The Morgan fingerprint density at radius 1 is 1.60 bits per heavy atom. The third kappa shape index (κ3) is 4.54. The van der Waals surface area contributed by atoms with E-state index in [4.69, 9.17) is 0 Å². The molecule has 3 nitrogen and oxygen atoms in total. The van der Waals surface area contributed by atoms with Crippen LogP contribution in [0.5, 0.6) is 0 Å². The molecule has 0 aromatic carbocycles. The molecule has 0 atom stereocenters. The molecule has 4 heteroatoms. The quantitative estimate of drug-likeness (QED) is 0.507. The van der Waals surface area contributed by atoms with Gasteiger partial charge in [-0.25, -0.2) is 0 Å². The Bertz CT molecular complexity index is 14.4. The van der Waals surface area contributed by atoms with E-state index >= 15 is 0 Å². The van der Waals surface area contributed by atoms with Crippen molar-refractivity contribution >= 4 is 0 Å². The molecule has 0 unspecified atom stereocenters. The first-order chi connectivity index (χ1) is 2.41. The average Bonchev–Trinajstić information content (AvgIpc) is 1.41. The second kappa shape index (κ2) is 4.54. The molecule has 0 aliphatic heterocycles. The third-order valence-corrected chi connectivity index (χ3v) is 0.279. The van der Waals surface area contributed by atoms with Gasteiger partial charge < -0.3 is 0 Å². The van der Waals surface area contributed by atoms with Gasteiger partial charge in [0.2, 0.25) is 0 Å². The van der Waals surface area contributed by atoms with E-state index in [2.05, 4.69) is 13.5 Å². The molecule has 0 rings (SSSR count). The Labute approximate surface area is 40.9 Å². The van der Waals surface area contributed by atoms with Crippen LogP contribution in [0.25, 0.3) is 0 Å². The van der Waals surface area contributed by atoms with Gasteiger partial charge in [0.05, 0.1) is 0 Å². The molecule has 0 heterocycles. The fourth-order valence-corrected chi connectivity index (χ4v) is 0.211.